The van der Waals surface area contributed by atoms with Crippen molar-refractivity contribution in [3.8, 4) is 0 Å². The van der Waals surface area contributed by atoms with Crippen LogP contribution in [0.25, 0.3) is 0 Å². The van der Waals surface area contributed by atoms with Gasteiger partial charge in [0.25, 0.3) is 5.91 Å². The second-order valence-corrected chi connectivity index (χ2v) is 5.50. The molecule has 3 saturated heterocycles. The SMILES string of the molecule is O=C(C1CCCN1C1CCNCC1)N1CCCO1. The number of hydroxylamine groups is 2. The lowest BCUT2D eigenvalue weighted by Crippen LogP contribution is -2.51. The maximum Gasteiger partial charge on any atom is 0.263 e. The molecule has 0 saturated carbocycles. The Balaban J connectivity index is 1.64. The second kappa shape index (κ2) is 5.55. The van der Waals surface area contributed by atoms with E-state index < -0.39 is 0 Å². The molecule has 0 spiro atoms. The monoisotopic (exact) mass is 253 g/mol. The number of carbonyl (C=O) groups is 1. The Bertz CT molecular complexity index is 299. The number of hydrogen-bond acceptors (Lipinski definition) is 4. The van der Waals surface area contributed by atoms with Crippen molar-refractivity contribution >= 4 is 5.91 Å². The van der Waals surface area contributed by atoms with E-state index in [0.29, 0.717) is 12.6 Å². The third kappa shape index (κ3) is 2.39. The van der Waals surface area contributed by atoms with Gasteiger partial charge in [-0.3, -0.25) is 14.5 Å². The zero-order chi connectivity index (χ0) is 12.4. The number of hydrogen-bond donors (Lipinski definition) is 1. The maximum atomic E-state index is 12.4. The van der Waals surface area contributed by atoms with Crippen LogP contribution in [0.15, 0.2) is 0 Å². The summed E-state index contributed by atoms with van der Waals surface area (Å²) < 4.78 is 0. The van der Waals surface area contributed by atoms with Crippen LogP contribution in [-0.2, 0) is 9.63 Å². The highest BCUT2D eigenvalue weighted by Gasteiger charge is 2.38. The van der Waals surface area contributed by atoms with Crippen LogP contribution in [0, 0.1) is 0 Å². The molecule has 1 unspecified atom stereocenters. The molecule has 3 aliphatic heterocycles. The van der Waals surface area contributed by atoms with Crippen LogP contribution < -0.4 is 5.32 Å². The van der Waals surface area contributed by atoms with E-state index in [4.69, 9.17) is 4.84 Å². The first-order valence-electron chi connectivity index (χ1n) is 7.27. The third-order valence-corrected chi connectivity index (χ3v) is 4.36. The van der Waals surface area contributed by atoms with Crippen molar-refractivity contribution in [2.45, 2.75) is 44.2 Å². The molecule has 0 aliphatic carbocycles. The molecular formula is C13H23N3O2. The minimum atomic E-state index is 0.0752. The van der Waals surface area contributed by atoms with E-state index >= 15 is 0 Å². The molecule has 0 aromatic heterocycles. The molecule has 3 heterocycles. The zero-order valence-electron chi connectivity index (χ0n) is 10.9. The molecule has 3 fully saturated rings. The van der Waals surface area contributed by atoms with Gasteiger partial charge >= 0.3 is 0 Å². The largest absolute Gasteiger partial charge is 0.317 e. The van der Waals surface area contributed by atoms with Crippen LogP contribution in [0.3, 0.4) is 0 Å². The first kappa shape index (κ1) is 12.4. The summed E-state index contributed by atoms with van der Waals surface area (Å²) in [6, 6.07) is 0.663. The third-order valence-electron chi connectivity index (χ3n) is 4.36. The molecule has 18 heavy (non-hydrogen) atoms. The fraction of sp³-hybridized carbons (Fsp3) is 0.923. The Morgan fingerprint density at radius 1 is 1.11 bits per heavy atom. The molecule has 5 nitrogen and oxygen atoms in total. The molecular weight excluding hydrogens is 230 g/mol. The van der Waals surface area contributed by atoms with Gasteiger partial charge in [0.05, 0.1) is 19.2 Å². The van der Waals surface area contributed by atoms with Crippen molar-refractivity contribution in [1.29, 1.82) is 0 Å². The summed E-state index contributed by atoms with van der Waals surface area (Å²) in [6.45, 7) is 4.72. The minimum absolute atomic E-state index is 0.0752. The van der Waals surface area contributed by atoms with E-state index in [1.165, 1.54) is 12.8 Å². The maximum absolute atomic E-state index is 12.4. The summed E-state index contributed by atoms with van der Waals surface area (Å²) in [5, 5.41) is 4.99. The van der Waals surface area contributed by atoms with E-state index in [0.717, 1.165) is 45.4 Å². The van der Waals surface area contributed by atoms with Crippen molar-refractivity contribution in [3.05, 3.63) is 0 Å². The highest BCUT2D eigenvalue weighted by atomic mass is 16.7. The lowest BCUT2D eigenvalue weighted by molar-refractivity contribution is -0.174. The Morgan fingerprint density at radius 3 is 2.67 bits per heavy atom. The lowest BCUT2D eigenvalue weighted by atomic mass is 10.0. The van der Waals surface area contributed by atoms with Gasteiger partial charge in [0, 0.05) is 6.04 Å². The number of nitrogens with zero attached hydrogens (tertiary/aromatic N) is 2. The van der Waals surface area contributed by atoms with Gasteiger partial charge in [0.15, 0.2) is 0 Å². The van der Waals surface area contributed by atoms with Gasteiger partial charge < -0.3 is 5.32 Å². The highest BCUT2D eigenvalue weighted by molar-refractivity contribution is 5.81. The predicted octanol–water partition coefficient (Wildman–Crippen LogP) is 0.367. The molecule has 0 radical (unpaired) electrons. The topological polar surface area (TPSA) is 44.8 Å². The van der Waals surface area contributed by atoms with Crippen molar-refractivity contribution in [1.82, 2.24) is 15.3 Å². The van der Waals surface area contributed by atoms with Crippen LogP contribution >= 0.6 is 0 Å². The summed E-state index contributed by atoms with van der Waals surface area (Å²) in [5.41, 5.74) is 0. The standard InChI is InChI=1S/C13H23N3O2/c17-13(16-9-2-10-18-16)12-3-1-8-15(12)11-4-6-14-7-5-11/h11-12,14H,1-10H2. The molecule has 0 aromatic rings. The fourth-order valence-electron chi connectivity index (χ4n) is 3.42. The average molecular weight is 253 g/mol. The zero-order valence-corrected chi connectivity index (χ0v) is 10.9. The van der Waals surface area contributed by atoms with Gasteiger partial charge in [0.1, 0.15) is 0 Å². The molecule has 3 aliphatic rings. The summed E-state index contributed by atoms with van der Waals surface area (Å²) in [5.74, 6) is 0.198. The van der Waals surface area contributed by atoms with E-state index in [1.807, 2.05) is 0 Å². The van der Waals surface area contributed by atoms with Crippen molar-refractivity contribution in [2.75, 3.05) is 32.8 Å². The van der Waals surface area contributed by atoms with Crippen LogP contribution in [0.4, 0.5) is 0 Å². The van der Waals surface area contributed by atoms with Gasteiger partial charge in [0.2, 0.25) is 0 Å². The van der Waals surface area contributed by atoms with Crippen molar-refractivity contribution in [2.24, 2.45) is 0 Å². The molecule has 3 rings (SSSR count). The van der Waals surface area contributed by atoms with Gasteiger partial charge in [-0.25, -0.2) is 5.06 Å². The van der Waals surface area contributed by atoms with E-state index in [1.54, 1.807) is 5.06 Å². The van der Waals surface area contributed by atoms with E-state index in [2.05, 4.69) is 10.2 Å². The smallest absolute Gasteiger partial charge is 0.263 e. The number of piperidine rings is 1. The Hall–Kier alpha value is -0.650. The summed E-state index contributed by atoms with van der Waals surface area (Å²) in [4.78, 5) is 20.3. The first-order valence-corrected chi connectivity index (χ1v) is 7.27. The number of rotatable bonds is 2. The van der Waals surface area contributed by atoms with Gasteiger partial charge in [-0.15, -0.1) is 0 Å². The molecule has 1 atom stereocenters. The second-order valence-electron chi connectivity index (χ2n) is 5.50. The Kier molecular flexibility index (Phi) is 3.82. The van der Waals surface area contributed by atoms with Gasteiger partial charge in [-0.2, -0.15) is 0 Å². The summed E-state index contributed by atoms with van der Waals surface area (Å²) in [7, 11) is 0. The van der Waals surface area contributed by atoms with E-state index in [-0.39, 0.29) is 11.9 Å². The molecule has 102 valence electrons. The lowest BCUT2D eigenvalue weighted by Gasteiger charge is -2.36. The molecule has 5 heteroatoms. The quantitative estimate of drug-likeness (QED) is 0.772. The van der Waals surface area contributed by atoms with Crippen LogP contribution in [-0.4, -0.2) is 60.7 Å². The van der Waals surface area contributed by atoms with E-state index in [9.17, 15) is 4.79 Å². The van der Waals surface area contributed by atoms with Crippen molar-refractivity contribution in [3.63, 3.8) is 0 Å². The Labute approximate surface area is 108 Å². The molecule has 1 N–H and O–H groups in total. The Morgan fingerprint density at radius 2 is 1.94 bits per heavy atom. The minimum Gasteiger partial charge on any atom is -0.317 e. The average Bonchev–Trinajstić information content (AvgIpc) is 3.10. The molecule has 0 bridgehead atoms. The highest BCUT2D eigenvalue weighted by Crippen LogP contribution is 2.26. The van der Waals surface area contributed by atoms with Gasteiger partial charge in [-0.05, 0) is 51.7 Å². The number of nitrogens with one attached hydrogen (secondary N) is 1. The number of amides is 1. The fourth-order valence-corrected chi connectivity index (χ4v) is 3.42. The van der Waals surface area contributed by atoms with Crippen LogP contribution in [0.1, 0.15) is 32.1 Å². The number of likely N-dealkylation sites (tertiary alicyclic amines) is 1. The van der Waals surface area contributed by atoms with Gasteiger partial charge in [-0.1, -0.05) is 0 Å². The summed E-state index contributed by atoms with van der Waals surface area (Å²) in [6.07, 6.45) is 5.47. The molecule has 1 amide bonds. The first-order chi connectivity index (χ1) is 8.86. The summed E-state index contributed by atoms with van der Waals surface area (Å²) >= 11 is 0. The van der Waals surface area contributed by atoms with Crippen molar-refractivity contribution < 1.29 is 9.63 Å². The van der Waals surface area contributed by atoms with Crippen LogP contribution in [0.5, 0.6) is 0 Å². The predicted molar refractivity (Wildman–Crippen MR) is 67.9 cm³/mol. The van der Waals surface area contributed by atoms with Crippen LogP contribution in [0.2, 0.25) is 0 Å². The normalized spacial score (nSPS) is 31.1. The molecule has 0 aromatic carbocycles. The number of carbonyl (C=O) groups excluding carboxylic acids is 1.